The number of benzene rings is 2. The van der Waals surface area contributed by atoms with Crippen LogP contribution in [0.4, 0.5) is 13.2 Å². The second-order valence-electron chi connectivity index (χ2n) is 4.39. The first-order valence-electron chi connectivity index (χ1n) is 6.03. The Bertz CT molecular complexity index is 573. The van der Waals surface area contributed by atoms with Crippen LogP contribution in [0.15, 0.2) is 36.4 Å². The summed E-state index contributed by atoms with van der Waals surface area (Å²) >= 11 is 0. The SMILES string of the molecule is CCC(N)c1cccc(-c2cc(F)c(F)c(F)c2)c1. The molecule has 0 heterocycles. The zero-order valence-corrected chi connectivity index (χ0v) is 10.5. The first-order valence-corrected chi connectivity index (χ1v) is 6.03. The van der Waals surface area contributed by atoms with Crippen molar-refractivity contribution in [3.8, 4) is 11.1 Å². The summed E-state index contributed by atoms with van der Waals surface area (Å²) < 4.78 is 39.3. The minimum atomic E-state index is -1.45. The summed E-state index contributed by atoms with van der Waals surface area (Å²) in [5.74, 6) is -3.84. The summed E-state index contributed by atoms with van der Waals surface area (Å²) in [5.41, 5.74) is 7.70. The fourth-order valence-electron chi connectivity index (χ4n) is 1.91. The third kappa shape index (κ3) is 2.79. The maximum Gasteiger partial charge on any atom is 0.194 e. The maximum absolute atomic E-state index is 13.2. The summed E-state index contributed by atoms with van der Waals surface area (Å²) in [6.07, 6.45) is 0.760. The van der Waals surface area contributed by atoms with Crippen molar-refractivity contribution < 1.29 is 13.2 Å². The van der Waals surface area contributed by atoms with E-state index in [0.717, 1.165) is 24.1 Å². The van der Waals surface area contributed by atoms with Crippen LogP contribution in [0.3, 0.4) is 0 Å². The van der Waals surface area contributed by atoms with Crippen LogP contribution >= 0.6 is 0 Å². The fourth-order valence-corrected chi connectivity index (χ4v) is 1.91. The smallest absolute Gasteiger partial charge is 0.194 e. The van der Waals surface area contributed by atoms with Gasteiger partial charge in [0, 0.05) is 6.04 Å². The normalized spacial score (nSPS) is 12.5. The predicted octanol–water partition coefficient (Wildman–Crippen LogP) is 4.18. The summed E-state index contributed by atoms with van der Waals surface area (Å²) in [5, 5.41) is 0. The highest BCUT2D eigenvalue weighted by Crippen LogP contribution is 2.26. The van der Waals surface area contributed by atoms with Gasteiger partial charge in [-0.1, -0.05) is 25.1 Å². The minimum absolute atomic E-state index is 0.130. The molecule has 2 N–H and O–H groups in total. The van der Waals surface area contributed by atoms with E-state index in [-0.39, 0.29) is 6.04 Å². The maximum atomic E-state index is 13.2. The molecule has 1 atom stereocenters. The molecule has 0 saturated carbocycles. The first-order chi connectivity index (χ1) is 9.02. The topological polar surface area (TPSA) is 26.0 Å². The molecule has 1 unspecified atom stereocenters. The highest BCUT2D eigenvalue weighted by molar-refractivity contribution is 5.64. The van der Waals surface area contributed by atoms with Crippen molar-refractivity contribution in [1.29, 1.82) is 0 Å². The number of hydrogen-bond acceptors (Lipinski definition) is 1. The molecular weight excluding hydrogens is 251 g/mol. The predicted molar refractivity (Wildman–Crippen MR) is 69.0 cm³/mol. The molecule has 2 aromatic rings. The lowest BCUT2D eigenvalue weighted by molar-refractivity contribution is 0.447. The fraction of sp³-hybridized carbons (Fsp3) is 0.200. The van der Waals surface area contributed by atoms with Gasteiger partial charge in [0.15, 0.2) is 17.5 Å². The number of rotatable bonds is 3. The van der Waals surface area contributed by atoms with Gasteiger partial charge in [-0.25, -0.2) is 13.2 Å². The first kappa shape index (κ1) is 13.6. The van der Waals surface area contributed by atoms with Crippen LogP contribution in [0.5, 0.6) is 0 Å². The molecule has 4 heteroatoms. The van der Waals surface area contributed by atoms with E-state index in [4.69, 9.17) is 5.73 Å². The zero-order chi connectivity index (χ0) is 14.0. The third-order valence-corrected chi connectivity index (χ3v) is 3.07. The molecule has 0 saturated heterocycles. The second kappa shape index (κ2) is 5.45. The van der Waals surface area contributed by atoms with Gasteiger partial charge in [-0.05, 0) is 41.3 Å². The molecule has 0 fully saturated rings. The second-order valence-corrected chi connectivity index (χ2v) is 4.39. The molecule has 0 aromatic heterocycles. The monoisotopic (exact) mass is 265 g/mol. The Labute approximate surface area is 109 Å². The van der Waals surface area contributed by atoms with E-state index in [2.05, 4.69) is 0 Å². The van der Waals surface area contributed by atoms with Crippen molar-refractivity contribution >= 4 is 0 Å². The Morgan fingerprint density at radius 2 is 1.63 bits per heavy atom. The van der Waals surface area contributed by atoms with Crippen LogP contribution in [0.2, 0.25) is 0 Å². The molecule has 0 aliphatic carbocycles. The van der Waals surface area contributed by atoms with E-state index in [1.54, 1.807) is 18.2 Å². The van der Waals surface area contributed by atoms with Gasteiger partial charge in [0.1, 0.15) is 0 Å². The number of nitrogens with two attached hydrogens (primary N) is 1. The van der Waals surface area contributed by atoms with E-state index in [9.17, 15) is 13.2 Å². The lowest BCUT2D eigenvalue weighted by atomic mass is 9.98. The molecule has 1 nitrogen and oxygen atoms in total. The van der Waals surface area contributed by atoms with Gasteiger partial charge in [-0.15, -0.1) is 0 Å². The lowest BCUT2D eigenvalue weighted by Gasteiger charge is -2.11. The molecule has 0 spiro atoms. The van der Waals surface area contributed by atoms with E-state index in [1.807, 2.05) is 13.0 Å². The van der Waals surface area contributed by atoms with Crippen LogP contribution < -0.4 is 5.73 Å². The summed E-state index contributed by atoms with van der Waals surface area (Å²) in [7, 11) is 0. The summed E-state index contributed by atoms with van der Waals surface area (Å²) in [6.45, 7) is 1.95. The quantitative estimate of drug-likeness (QED) is 0.828. The van der Waals surface area contributed by atoms with Crippen molar-refractivity contribution in [1.82, 2.24) is 0 Å². The van der Waals surface area contributed by atoms with Gasteiger partial charge in [0.05, 0.1) is 0 Å². The molecular formula is C15H14F3N. The Kier molecular flexibility index (Phi) is 3.90. The van der Waals surface area contributed by atoms with Crippen molar-refractivity contribution in [3.05, 3.63) is 59.4 Å². The average molecular weight is 265 g/mol. The minimum Gasteiger partial charge on any atom is -0.324 e. The van der Waals surface area contributed by atoms with E-state index >= 15 is 0 Å². The molecule has 19 heavy (non-hydrogen) atoms. The van der Waals surface area contributed by atoms with Crippen LogP contribution in [-0.4, -0.2) is 0 Å². The van der Waals surface area contributed by atoms with Crippen LogP contribution in [0, 0.1) is 17.5 Å². The average Bonchev–Trinajstić information content (AvgIpc) is 2.43. The van der Waals surface area contributed by atoms with Crippen LogP contribution in [-0.2, 0) is 0 Å². The van der Waals surface area contributed by atoms with Crippen molar-refractivity contribution in [3.63, 3.8) is 0 Å². The van der Waals surface area contributed by atoms with Gasteiger partial charge in [-0.2, -0.15) is 0 Å². The Balaban J connectivity index is 2.47. The Hall–Kier alpha value is -1.81. The van der Waals surface area contributed by atoms with Gasteiger partial charge in [-0.3, -0.25) is 0 Å². The van der Waals surface area contributed by atoms with Crippen molar-refractivity contribution in [2.45, 2.75) is 19.4 Å². The van der Waals surface area contributed by atoms with Crippen LogP contribution in [0.25, 0.3) is 11.1 Å². The van der Waals surface area contributed by atoms with Crippen molar-refractivity contribution in [2.75, 3.05) is 0 Å². The van der Waals surface area contributed by atoms with Gasteiger partial charge in [0.2, 0.25) is 0 Å². The molecule has 2 rings (SSSR count). The number of halogens is 3. The standard InChI is InChI=1S/C15H14F3N/c1-2-14(19)10-5-3-4-9(6-10)11-7-12(16)15(18)13(17)8-11/h3-8,14H,2,19H2,1H3. The summed E-state index contributed by atoms with van der Waals surface area (Å²) in [4.78, 5) is 0. The largest absolute Gasteiger partial charge is 0.324 e. The molecule has 0 radical (unpaired) electrons. The van der Waals surface area contributed by atoms with Gasteiger partial charge < -0.3 is 5.73 Å². The Morgan fingerprint density at radius 3 is 2.21 bits per heavy atom. The van der Waals surface area contributed by atoms with E-state index in [0.29, 0.717) is 11.1 Å². The molecule has 0 bridgehead atoms. The van der Waals surface area contributed by atoms with E-state index in [1.165, 1.54) is 0 Å². The highest BCUT2D eigenvalue weighted by atomic mass is 19.2. The van der Waals surface area contributed by atoms with Gasteiger partial charge >= 0.3 is 0 Å². The van der Waals surface area contributed by atoms with Crippen molar-refractivity contribution in [2.24, 2.45) is 5.73 Å². The lowest BCUT2D eigenvalue weighted by Crippen LogP contribution is -2.08. The Morgan fingerprint density at radius 1 is 1.00 bits per heavy atom. The molecule has 2 aromatic carbocycles. The molecule has 0 aliphatic heterocycles. The molecule has 0 amide bonds. The third-order valence-electron chi connectivity index (χ3n) is 3.07. The number of hydrogen-bond donors (Lipinski definition) is 1. The molecule has 100 valence electrons. The van der Waals surface area contributed by atoms with Crippen LogP contribution in [0.1, 0.15) is 24.9 Å². The molecule has 0 aliphatic rings. The van der Waals surface area contributed by atoms with Gasteiger partial charge in [0.25, 0.3) is 0 Å². The zero-order valence-electron chi connectivity index (χ0n) is 10.5. The van der Waals surface area contributed by atoms with E-state index < -0.39 is 17.5 Å². The summed E-state index contributed by atoms with van der Waals surface area (Å²) in [6, 6.07) is 8.92. The highest BCUT2D eigenvalue weighted by Gasteiger charge is 2.12.